The largest absolute Gasteiger partial charge is 0.382 e. The van der Waals surface area contributed by atoms with Gasteiger partial charge in [-0.3, -0.25) is 4.99 Å². The van der Waals surface area contributed by atoms with Crippen molar-refractivity contribution in [3.05, 3.63) is 24.4 Å². The van der Waals surface area contributed by atoms with Crippen LogP contribution in [0.25, 0.3) is 0 Å². The second-order valence-electron chi connectivity index (χ2n) is 5.19. The maximum absolute atomic E-state index is 5.35. The first-order valence-corrected chi connectivity index (χ1v) is 8.04. The second-order valence-corrected chi connectivity index (χ2v) is 5.19. The van der Waals surface area contributed by atoms with Crippen molar-refractivity contribution in [1.29, 1.82) is 0 Å². The third kappa shape index (κ3) is 6.50. The normalized spacial score (nSPS) is 15.3. The summed E-state index contributed by atoms with van der Waals surface area (Å²) in [6.07, 6.45) is 2.85. The Labute approximate surface area is 156 Å². The van der Waals surface area contributed by atoms with E-state index < -0.39 is 0 Å². The zero-order chi connectivity index (χ0) is 15.6. The molecule has 0 bridgehead atoms. The Kier molecular flexibility index (Phi) is 9.93. The Balaban J connectivity index is 0.00000264. The number of aromatic nitrogens is 1. The first kappa shape index (κ1) is 20.0. The highest BCUT2D eigenvalue weighted by molar-refractivity contribution is 14.0. The number of piperazine rings is 1. The summed E-state index contributed by atoms with van der Waals surface area (Å²) in [5, 5.41) is 3.41. The fourth-order valence-corrected chi connectivity index (χ4v) is 2.54. The lowest BCUT2D eigenvalue weighted by Gasteiger charge is -2.37. The summed E-state index contributed by atoms with van der Waals surface area (Å²) in [5.41, 5.74) is 0. The van der Waals surface area contributed by atoms with Gasteiger partial charge >= 0.3 is 0 Å². The molecule has 2 rings (SSSR count). The van der Waals surface area contributed by atoms with Crippen molar-refractivity contribution in [2.24, 2.45) is 4.99 Å². The van der Waals surface area contributed by atoms with Crippen molar-refractivity contribution in [2.45, 2.75) is 13.3 Å². The van der Waals surface area contributed by atoms with Crippen molar-refractivity contribution >= 4 is 35.8 Å². The molecule has 1 aromatic heterocycles. The van der Waals surface area contributed by atoms with Crippen LogP contribution in [-0.4, -0.2) is 68.8 Å². The molecule has 2 heterocycles. The summed E-state index contributed by atoms with van der Waals surface area (Å²) in [6.45, 7) is 8.36. The maximum Gasteiger partial charge on any atom is 0.193 e. The fourth-order valence-electron chi connectivity index (χ4n) is 2.54. The van der Waals surface area contributed by atoms with Gasteiger partial charge in [0.25, 0.3) is 0 Å². The van der Waals surface area contributed by atoms with Gasteiger partial charge in [-0.2, -0.15) is 0 Å². The molecule has 130 valence electrons. The minimum absolute atomic E-state index is 0. The number of ether oxygens (including phenoxy) is 1. The number of hydrogen-bond donors (Lipinski definition) is 1. The molecule has 0 atom stereocenters. The molecular formula is C16H28IN5O. The van der Waals surface area contributed by atoms with Crippen molar-refractivity contribution in [1.82, 2.24) is 15.2 Å². The molecule has 23 heavy (non-hydrogen) atoms. The lowest BCUT2D eigenvalue weighted by atomic mass is 10.3. The van der Waals surface area contributed by atoms with Gasteiger partial charge in [0.1, 0.15) is 5.82 Å². The van der Waals surface area contributed by atoms with E-state index in [1.54, 1.807) is 0 Å². The van der Waals surface area contributed by atoms with E-state index in [0.29, 0.717) is 0 Å². The number of nitrogens with one attached hydrogen (secondary N) is 1. The Bertz CT molecular complexity index is 449. The predicted molar refractivity (Wildman–Crippen MR) is 106 cm³/mol. The highest BCUT2D eigenvalue weighted by atomic mass is 127. The van der Waals surface area contributed by atoms with Crippen molar-refractivity contribution in [3.63, 3.8) is 0 Å². The van der Waals surface area contributed by atoms with Crippen LogP contribution in [0.4, 0.5) is 5.82 Å². The minimum atomic E-state index is 0. The first-order chi connectivity index (χ1) is 10.8. The van der Waals surface area contributed by atoms with Crippen LogP contribution in [0.2, 0.25) is 0 Å². The summed E-state index contributed by atoms with van der Waals surface area (Å²) in [5.74, 6) is 2.04. The van der Waals surface area contributed by atoms with Gasteiger partial charge in [0, 0.05) is 59.2 Å². The Morgan fingerprint density at radius 3 is 2.70 bits per heavy atom. The number of aliphatic imine (C=N–C) groups is 1. The van der Waals surface area contributed by atoms with E-state index in [1.807, 2.05) is 32.3 Å². The summed E-state index contributed by atoms with van der Waals surface area (Å²) in [6, 6.07) is 6.05. The van der Waals surface area contributed by atoms with E-state index in [-0.39, 0.29) is 24.0 Å². The molecule has 1 fully saturated rings. The topological polar surface area (TPSA) is 53.0 Å². The SMILES string of the molecule is CCOCCCNC(=NC)N1CCN(c2ccccn2)CC1.I. The molecule has 1 N–H and O–H groups in total. The molecule has 0 aliphatic carbocycles. The van der Waals surface area contributed by atoms with Crippen LogP contribution < -0.4 is 10.2 Å². The molecule has 1 aliphatic rings. The number of nitrogens with zero attached hydrogens (tertiary/aromatic N) is 4. The van der Waals surface area contributed by atoms with Gasteiger partial charge in [-0.05, 0) is 25.5 Å². The van der Waals surface area contributed by atoms with Crippen LogP contribution in [0.5, 0.6) is 0 Å². The van der Waals surface area contributed by atoms with E-state index >= 15 is 0 Å². The Hall–Kier alpha value is -1.09. The van der Waals surface area contributed by atoms with Crippen LogP contribution in [0.1, 0.15) is 13.3 Å². The average molecular weight is 433 g/mol. The molecule has 0 saturated carbocycles. The number of hydrogen-bond acceptors (Lipinski definition) is 4. The van der Waals surface area contributed by atoms with Gasteiger partial charge in [-0.25, -0.2) is 4.98 Å². The van der Waals surface area contributed by atoms with Gasteiger partial charge in [-0.1, -0.05) is 6.07 Å². The summed E-state index contributed by atoms with van der Waals surface area (Å²) >= 11 is 0. The molecule has 0 unspecified atom stereocenters. The fraction of sp³-hybridized carbons (Fsp3) is 0.625. The number of anilines is 1. The zero-order valence-corrected chi connectivity index (χ0v) is 16.4. The Morgan fingerprint density at radius 2 is 2.09 bits per heavy atom. The van der Waals surface area contributed by atoms with Crippen LogP contribution in [0.15, 0.2) is 29.4 Å². The van der Waals surface area contributed by atoms with Crippen LogP contribution in [-0.2, 0) is 4.74 Å². The van der Waals surface area contributed by atoms with E-state index in [9.17, 15) is 0 Å². The first-order valence-electron chi connectivity index (χ1n) is 8.04. The molecule has 6 nitrogen and oxygen atoms in total. The van der Waals surface area contributed by atoms with Gasteiger partial charge < -0.3 is 19.9 Å². The number of rotatable bonds is 6. The molecule has 0 spiro atoms. The van der Waals surface area contributed by atoms with Crippen LogP contribution in [0.3, 0.4) is 0 Å². The van der Waals surface area contributed by atoms with Gasteiger partial charge in [0.05, 0.1) is 0 Å². The smallest absolute Gasteiger partial charge is 0.193 e. The maximum atomic E-state index is 5.35. The van der Waals surface area contributed by atoms with E-state index in [2.05, 4.69) is 31.2 Å². The van der Waals surface area contributed by atoms with E-state index in [4.69, 9.17) is 4.74 Å². The minimum Gasteiger partial charge on any atom is -0.382 e. The molecule has 0 amide bonds. The lowest BCUT2D eigenvalue weighted by Crippen LogP contribution is -2.52. The molecule has 1 aromatic rings. The van der Waals surface area contributed by atoms with Crippen molar-refractivity contribution in [2.75, 3.05) is 57.9 Å². The molecule has 7 heteroatoms. The van der Waals surface area contributed by atoms with Crippen LogP contribution >= 0.6 is 24.0 Å². The molecule has 1 saturated heterocycles. The summed E-state index contributed by atoms with van der Waals surface area (Å²) < 4.78 is 5.35. The highest BCUT2D eigenvalue weighted by Crippen LogP contribution is 2.12. The monoisotopic (exact) mass is 433 g/mol. The van der Waals surface area contributed by atoms with Crippen LogP contribution in [0, 0.1) is 0 Å². The molecule has 1 aliphatic heterocycles. The third-order valence-corrected chi connectivity index (χ3v) is 3.72. The average Bonchev–Trinajstić information content (AvgIpc) is 2.59. The Morgan fingerprint density at radius 1 is 1.30 bits per heavy atom. The lowest BCUT2D eigenvalue weighted by molar-refractivity contribution is 0.145. The number of guanidine groups is 1. The van der Waals surface area contributed by atoms with Crippen molar-refractivity contribution < 1.29 is 4.74 Å². The number of pyridine rings is 1. The van der Waals surface area contributed by atoms with Gasteiger partial charge in [0.15, 0.2) is 5.96 Å². The summed E-state index contributed by atoms with van der Waals surface area (Å²) in [4.78, 5) is 13.4. The van der Waals surface area contributed by atoms with E-state index in [1.165, 1.54) is 0 Å². The number of halogens is 1. The standard InChI is InChI=1S/C16H27N5O.HI/c1-3-22-14-6-9-19-16(17-2)21-12-10-20(11-13-21)15-7-4-5-8-18-15;/h4-5,7-8H,3,6,9-14H2,1-2H3,(H,17,19);1H. The van der Waals surface area contributed by atoms with Crippen molar-refractivity contribution in [3.8, 4) is 0 Å². The zero-order valence-electron chi connectivity index (χ0n) is 14.1. The quantitative estimate of drug-likeness (QED) is 0.321. The predicted octanol–water partition coefficient (Wildman–Crippen LogP) is 1.82. The molecular weight excluding hydrogens is 405 g/mol. The third-order valence-electron chi connectivity index (χ3n) is 3.72. The summed E-state index contributed by atoms with van der Waals surface area (Å²) in [7, 11) is 1.84. The second kappa shape index (κ2) is 11.4. The molecule has 0 radical (unpaired) electrons. The molecule has 0 aromatic carbocycles. The highest BCUT2D eigenvalue weighted by Gasteiger charge is 2.19. The van der Waals surface area contributed by atoms with Gasteiger partial charge in [0.2, 0.25) is 0 Å². The van der Waals surface area contributed by atoms with E-state index in [0.717, 1.165) is 64.1 Å². The van der Waals surface area contributed by atoms with Gasteiger partial charge in [-0.15, -0.1) is 24.0 Å².